The molecule has 0 fully saturated rings. The predicted molar refractivity (Wildman–Crippen MR) is 87.0 cm³/mol. The lowest BCUT2D eigenvalue weighted by Crippen LogP contribution is -2.32. The molecule has 2 N–H and O–H groups in total. The molecule has 0 bridgehead atoms. The van der Waals surface area contributed by atoms with E-state index in [9.17, 15) is 23.1 Å². The van der Waals surface area contributed by atoms with Gasteiger partial charge in [-0.1, -0.05) is 12.1 Å². The molecule has 0 spiro atoms. The number of benzene rings is 1. The van der Waals surface area contributed by atoms with Gasteiger partial charge < -0.3 is 10.4 Å². The summed E-state index contributed by atoms with van der Waals surface area (Å²) < 4.78 is 40.0. The number of aliphatic hydroxyl groups excluding tert-OH is 1. The predicted octanol–water partition coefficient (Wildman–Crippen LogP) is 2.41. The maximum atomic E-state index is 12.8. The molecule has 9 heteroatoms. The fourth-order valence-corrected chi connectivity index (χ4v) is 2.50. The third-order valence-corrected chi connectivity index (χ3v) is 3.77. The maximum Gasteiger partial charge on any atom is 0.416 e. The Hall–Kier alpha value is -2.94. The lowest BCUT2D eigenvalue weighted by Gasteiger charge is -2.10. The fraction of sp³-hybridized carbons (Fsp3) is 0.235. The summed E-state index contributed by atoms with van der Waals surface area (Å²) >= 11 is 0. The zero-order chi connectivity index (χ0) is 18.9. The summed E-state index contributed by atoms with van der Waals surface area (Å²) in [6.45, 7) is 1.33. The number of alkyl halides is 3. The number of halogens is 3. The second kappa shape index (κ2) is 6.75. The third kappa shape index (κ3) is 3.52. The summed E-state index contributed by atoms with van der Waals surface area (Å²) in [4.78, 5) is 20.0. The van der Waals surface area contributed by atoms with E-state index in [2.05, 4.69) is 15.3 Å². The zero-order valence-electron chi connectivity index (χ0n) is 13.7. The fourth-order valence-electron chi connectivity index (χ4n) is 2.50. The summed E-state index contributed by atoms with van der Waals surface area (Å²) in [6.07, 6.45) is -2.38. The highest BCUT2D eigenvalue weighted by atomic mass is 19.4. The van der Waals surface area contributed by atoms with Crippen molar-refractivity contribution in [1.82, 2.24) is 19.7 Å². The van der Waals surface area contributed by atoms with Crippen molar-refractivity contribution in [3.8, 4) is 11.3 Å². The molecule has 0 radical (unpaired) electrons. The number of nitrogens with one attached hydrogen (secondary N) is 1. The van der Waals surface area contributed by atoms with Gasteiger partial charge in [0.05, 0.1) is 23.5 Å². The van der Waals surface area contributed by atoms with E-state index in [0.717, 1.165) is 12.1 Å². The second-order valence-electron chi connectivity index (χ2n) is 5.67. The van der Waals surface area contributed by atoms with E-state index in [0.29, 0.717) is 22.7 Å². The van der Waals surface area contributed by atoms with Gasteiger partial charge in [0, 0.05) is 18.0 Å². The Bertz CT molecular complexity index is 933. The summed E-state index contributed by atoms with van der Waals surface area (Å²) in [6, 6.07) is 6.34. The average molecular weight is 364 g/mol. The smallest absolute Gasteiger partial charge is 0.384 e. The quantitative estimate of drug-likeness (QED) is 0.745. The van der Waals surface area contributed by atoms with E-state index in [1.807, 2.05) is 0 Å². The van der Waals surface area contributed by atoms with E-state index in [4.69, 9.17) is 0 Å². The Morgan fingerprint density at radius 2 is 2.00 bits per heavy atom. The van der Waals surface area contributed by atoms with E-state index in [1.165, 1.54) is 25.3 Å². The molecule has 1 amide bonds. The van der Waals surface area contributed by atoms with Crippen molar-refractivity contribution in [3.63, 3.8) is 0 Å². The number of carbonyl (C=O) groups excluding carboxylic acids is 1. The number of hydrogen-bond acceptors (Lipinski definition) is 4. The van der Waals surface area contributed by atoms with Gasteiger partial charge in [-0.2, -0.15) is 13.2 Å². The molecule has 0 aliphatic carbocycles. The number of imidazole rings is 1. The van der Waals surface area contributed by atoms with Crippen LogP contribution >= 0.6 is 0 Å². The third-order valence-electron chi connectivity index (χ3n) is 3.77. The van der Waals surface area contributed by atoms with Gasteiger partial charge in [-0.25, -0.2) is 9.97 Å². The molecule has 1 unspecified atom stereocenters. The van der Waals surface area contributed by atoms with Crippen LogP contribution < -0.4 is 5.32 Å². The normalized spacial score (nSPS) is 13.0. The molecule has 2 heterocycles. The van der Waals surface area contributed by atoms with Crippen LogP contribution in [-0.4, -0.2) is 31.5 Å². The molecule has 0 saturated heterocycles. The van der Waals surface area contributed by atoms with E-state index in [1.54, 1.807) is 16.7 Å². The van der Waals surface area contributed by atoms with Gasteiger partial charge in [-0.3, -0.25) is 9.20 Å². The molecule has 3 rings (SSSR count). The molecule has 0 aliphatic rings. The van der Waals surface area contributed by atoms with Gasteiger partial charge >= 0.3 is 6.18 Å². The Balaban J connectivity index is 2.03. The van der Waals surface area contributed by atoms with Gasteiger partial charge in [0.1, 0.15) is 6.10 Å². The number of aromatic nitrogens is 3. The average Bonchev–Trinajstić information content (AvgIpc) is 2.97. The number of carbonyl (C=O) groups is 1. The van der Waals surface area contributed by atoms with Crippen molar-refractivity contribution in [3.05, 3.63) is 54.0 Å². The highest BCUT2D eigenvalue weighted by Gasteiger charge is 2.30. The zero-order valence-corrected chi connectivity index (χ0v) is 13.7. The van der Waals surface area contributed by atoms with Crippen LogP contribution in [0, 0.1) is 0 Å². The Morgan fingerprint density at radius 1 is 1.31 bits per heavy atom. The van der Waals surface area contributed by atoms with Crippen LogP contribution in [0.3, 0.4) is 0 Å². The molecule has 1 aromatic carbocycles. The molecule has 6 nitrogen and oxygen atoms in total. The number of fused-ring (bicyclic) bond motifs is 1. The summed E-state index contributed by atoms with van der Waals surface area (Å²) in [5, 5.41) is 11.8. The van der Waals surface area contributed by atoms with E-state index < -0.39 is 23.8 Å². The van der Waals surface area contributed by atoms with Crippen LogP contribution in [0.15, 0.2) is 42.7 Å². The number of aliphatic hydroxyl groups is 1. The highest BCUT2D eigenvalue weighted by Crippen LogP contribution is 2.32. The molecule has 3 aromatic rings. The SMILES string of the molecule is CC(O)C(=O)NCc1nc2ncccn2c1-c1ccc(C(F)(F)F)cc1. The minimum atomic E-state index is -4.42. The van der Waals surface area contributed by atoms with Gasteiger partial charge in [0.2, 0.25) is 11.7 Å². The maximum absolute atomic E-state index is 12.8. The molecule has 0 aliphatic heterocycles. The Kier molecular flexibility index (Phi) is 4.64. The topological polar surface area (TPSA) is 79.5 Å². The molecule has 136 valence electrons. The van der Waals surface area contributed by atoms with Crippen LogP contribution in [0.4, 0.5) is 13.2 Å². The number of nitrogens with zero attached hydrogens (tertiary/aromatic N) is 3. The van der Waals surface area contributed by atoms with Crippen molar-refractivity contribution in [2.24, 2.45) is 0 Å². The number of rotatable bonds is 4. The molecular weight excluding hydrogens is 349 g/mol. The van der Waals surface area contributed by atoms with Gasteiger partial charge in [0.15, 0.2) is 0 Å². The first kappa shape index (κ1) is 17.9. The van der Waals surface area contributed by atoms with Gasteiger partial charge in [0.25, 0.3) is 0 Å². The van der Waals surface area contributed by atoms with Crippen molar-refractivity contribution < 1.29 is 23.1 Å². The molecule has 1 atom stereocenters. The van der Waals surface area contributed by atoms with Crippen molar-refractivity contribution in [2.75, 3.05) is 0 Å². The van der Waals surface area contributed by atoms with Gasteiger partial charge in [-0.05, 0) is 25.1 Å². The molecule has 26 heavy (non-hydrogen) atoms. The lowest BCUT2D eigenvalue weighted by molar-refractivity contribution is -0.137. The summed E-state index contributed by atoms with van der Waals surface area (Å²) in [7, 11) is 0. The highest BCUT2D eigenvalue weighted by molar-refractivity contribution is 5.80. The van der Waals surface area contributed by atoms with Crippen molar-refractivity contribution in [1.29, 1.82) is 0 Å². The van der Waals surface area contributed by atoms with Crippen LogP contribution in [-0.2, 0) is 17.5 Å². The van der Waals surface area contributed by atoms with Crippen molar-refractivity contribution in [2.45, 2.75) is 25.7 Å². The standard InChI is InChI=1S/C17H15F3N4O2/c1-10(25)15(26)22-9-13-14(24-8-2-7-21-16(24)23-13)11-3-5-12(6-4-11)17(18,19)20/h2-8,10,25H,9H2,1H3,(H,22,26). The molecular formula is C17H15F3N4O2. The van der Waals surface area contributed by atoms with Crippen molar-refractivity contribution >= 4 is 11.7 Å². The number of amides is 1. The van der Waals surface area contributed by atoms with Crippen LogP contribution in [0.1, 0.15) is 18.2 Å². The molecule has 2 aromatic heterocycles. The Morgan fingerprint density at radius 3 is 2.62 bits per heavy atom. The minimum absolute atomic E-state index is 0.00342. The van der Waals surface area contributed by atoms with Crippen LogP contribution in [0.25, 0.3) is 17.0 Å². The first-order valence-corrected chi connectivity index (χ1v) is 7.72. The molecule has 0 saturated carbocycles. The monoisotopic (exact) mass is 364 g/mol. The first-order valence-electron chi connectivity index (χ1n) is 7.72. The minimum Gasteiger partial charge on any atom is -0.384 e. The number of hydrogen-bond donors (Lipinski definition) is 2. The van der Waals surface area contributed by atoms with Crippen LogP contribution in [0.2, 0.25) is 0 Å². The van der Waals surface area contributed by atoms with E-state index in [-0.39, 0.29) is 6.54 Å². The summed E-state index contributed by atoms with van der Waals surface area (Å²) in [5.41, 5.74) is 0.696. The van der Waals surface area contributed by atoms with E-state index >= 15 is 0 Å². The Labute approximate surface area is 146 Å². The van der Waals surface area contributed by atoms with Crippen LogP contribution in [0.5, 0.6) is 0 Å². The summed E-state index contributed by atoms with van der Waals surface area (Å²) in [5.74, 6) is -0.225. The lowest BCUT2D eigenvalue weighted by atomic mass is 10.1. The second-order valence-corrected chi connectivity index (χ2v) is 5.67. The van der Waals surface area contributed by atoms with Gasteiger partial charge in [-0.15, -0.1) is 0 Å². The first-order chi connectivity index (χ1) is 12.3. The largest absolute Gasteiger partial charge is 0.416 e.